The lowest BCUT2D eigenvalue weighted by molar-refractivity contribution is -0.0372. The number of unbranched alkanes of at least 4 members (excludes halogenated alkanes) is 18. The number of rotatable bonds is 27. The van der Waals surface area contributed by atoms with Gasteiger partial charge in [0.15, 0.2) is 11.5 Å². The fourth-order valence-corrected chi connectivity index (χ4v) is 5.22. The number of phenols is 1. The zero-order chi connectivity index (χ0) is 33.5. The molecule has 0 aliphatic rings. The highest BCUT2D eigenvalue weighted by Gasteiger charge is 2.15. The first-order valence-corrected chi connectivity index (χ1v) is 18.4. The maximum Gasteiger partial charge on any atom is 0.341 e. The third-order valence-electron chi connectivity index (χ3n) is 8.02. The maximum absolute atomic E-state index is 12.0. The normalized spacial score (nSPS) is 11.4. The van der Waals surface area contributed by atoms with Crippen molar-refractivity contribution in [1.29, 1.82) is 0 Å². The molecule has 0 saturated heterocycles. The lowest BCUT2D eigenvalue weighted by Crippen LogP contribution is -2.20. The van der Waals surface area contributed by atoms with Crippen LogP contribution in [0, 0.1) is 0 Å². The van der Waals surface area contributed by atoms with Gasteiger partial charge in [0.2, 0.25) is 6.29 Å². The summed E-state index contributed by atoms with van der Waals surface area (Å²) >= 11 is 0. The number of para-hydroxylation sites is 1. The minimum atomic E-state index is -0.736. The quantitative estimate of drug-likeness (QED) is 0.0594. The van der Waals surface area contributed by atoms with Crippen molar-refractivity contribution in [2.75, 3.05) is 20.3 Å². The largest absolute Gasteiger partial charge is 0.504 e. The lowest BCUT2D eigenvalue weighted by atomic mass is 10.1. The second kappa shape index (κ2) is 29.7. The second-order valence-electron chi connectivity index (χ2n) is 12.3. The van der Waals surface area contributed by atoms with Gasteiger partial charge in [-0.05, 0) is 43.2 Å². The van der Waals surface area contributed by atoms with Crippen LogP contribution in [0.3, 0.4) is 0 Å². The lowest BCUT2D eigenvalue weighted by Gasteiger charge is -2.15. The summed E-state index contributed by atoms with van der Waals surface area (Å²) in [6.45, 7) is 8.20. The molecule has 262 valence electrons. The Bertz CT molecular complexity index is 941. The van der Waals surface area contributed by atoms with Crippen LogP contribution in [-0.2, 0) is 9.47 Å². The van der Waals surface area contributed by atoms with Crippen LogP contribution in [0.25, 0.3) is 0 Å². The first kappa shape index (κ1) is 41.3. The number of hydrogen-bond acceptors (Lipinski definition) is 6. The van der Waals surface area contributed by atoms with Crippen molar-refractivity contribution >= 4 is 5.97 Å². The van der Waals surface area contributed by atoms with Gasteiger partial charge < -0.3 is 24.1 Å². The SMILES string of the molecule is CCCCCCCCCCCCOCCCCCCCCCCCC.COc1cc(C(=O)OC(C)Oc2ccccc2)ccc1O. The summed E-state index contributed by atoms with van der Waals surface area (Å²) in [6.07, 6.45) is 27.4. The molecule has 6 heteroatoms. The molecule has 2 aromatic rings. The zero-order valence-corrected chi connectivity index (χ0v) is 29.7. The second-order valence-corrected chi connectivity index (χ2v) is 12.3. The summed E-state index contributed by atoms with van der Waals surface area (Å²) in [5, 5.41) is 9.49. The van der Waals surface area contributed by atoms with Crippen molar-refractivity contribution in [3.05, 3.63) is 54.1 Å². The van der Waals surface area contributed by atoms with E-state index >= 15 is 0 Å². The van der Waals surface area contributed by atoms with Crippen LogP contribution in [0.15, 0.2) is 48.5 Å². The van der Waals surface area contributed by atoms with Gasteiger partial charge >= 0.3 is 5.97 Å². The standard InChI is InChI=1S/C24H50O.C16H16O5/c1-3-5-7-9-11-13-15-17-19-21-23-25-24-22-20-18-16-14-12-10-8-6-4-2;1-11(20-13-6-4-3-5-7-13)21-16(18)12-8-9-14(17)15(10-12)19-2/h3-24H2,1-2H3;3-11,17H,1-2H3. The molecule has 1 unspecified atom stereocenters. The van der Waals surface area contributed by atoms with Gasteiger partial charge in [-0.15, -0.1) is 0 Å². The van der Waals surface area contributed by atoms with E-state index in [-0.39, 0.29) is 17.1 Å². The summed E-state index contributed by atoms with van der Waals surface area (Å²) in [7, 11) is 1.41. The van der Waals surface area contributed by atoms with E-state index in [0.29, 0.717) is 5.75 Å². The van der Waals surface area contributed by atoms with E-state index in [1.807, 2.05) is 18.2 Å². The van der Waals surface area contributed by atoms with E-state index in [4.69, 9.17) is 18.9 Å². The Kier molecular flexibility index (Phi) is 26.6. The van der Waals surface area contributed by atoms with Crippen LogP contribution in [0.2, 0.25) is 0 Å². The Morgan fingerprint density at radius 2 is 1.11 bits per heavy atom. The molecule has 0 saturated carbocycles. The van der Waals surface area contributed by atoms with Gasteiger partial charge in [-0.25, -0.2) is 4.79 Å². The molecule has 6 nitrogen and oxygen atoms in total. The van der Waals surface area contributed by atoms with Crippen molar-refractivity contribution in [3.8, 4) is 17.2 Å². The molecule has 1 N–H and O–H groups in total. The fourth-order valence-electron chi connectivity index (χ4n) is 5.22. The number of benzene rings is 2. The van der Waals surface area contributed by atoms with E-state index in [1.165, 1.54) is 154 Å². The van der Waals surface area contributed by atoms with Gasteiger partial charge in [0.05, 0.1) is 12.7 Å². The van der Waals surface area contributed by atoms with Crippen LogP contribution in [0.1, 0.15) is 160 Å². The Labute approximate surface area is 281 Å². The molecule has 1 atom stereocenters. The molecule has 0 aliphatic carbocycles. The number of hydrogen-bond donors (Lipinski definition) is 1. The van der Waals surface area contributed by atoms with Crippen LogP contribution < -0.4 is 9.47 Å². The van der Waals surface area contributed by atoms with Crippen LogP contribution in [0.5, 0.6) is 17.2 Å². The fraction of sp³-hybridized carbons (Fsp3) is 0.675. The summed E-state index contributed by atoms with van der Waals surface area (Å²) in [6, 6.07) is 13.3. The predicted octanol–water partition coefficient (Wildman–Crippen LogP) is 11.8. The molecule has 46 heavy (non-hydrogen) atoms. The summed E-state index contributed by atoms with van der Waals surface area (Å²) in [5.41, 5.74) is 0.271. The molecule has 0 heterocycles. The van der Waals surface area contributed by atoms with Crippen molar-refractivity contribution in [2.24, 2.45) is 0 Å². The third-order valence-corrected chi connectivity index (χ3v) is 8.02. The van der Waals surface area contributed by atoms with E-state index in [9.17, 15) is 9.90 Å². The Hall–Kier alpha value is -2.73. The number of phenolic OH excluding ortho intramolecular Hbond substituents is 1. The van der Waals surface area contributed by atoms with Gasteiger partial charge in [-0.2, -0.15) is 0 Å². The van der Waals surface area contributed by atoms with E-state index in [2.05, 4.69) is 13.8 Å². The molecule has 0 radical (unpaired) electrons. The first-order chi connectivity index (χ1) is 22.5. The predicted molar refractivity (Wildman–Crippen MR) is 191 cm³/mol. The number of methoxy groups -OCH3 is 1. The number of ether oxygens (including phenoxy) is 4. The molecule has 2 aromatic carbocycles. The smallest absolute Gasteiger partial charge is 0.341 e. The van der Waals surface area contributed by atoms with Crippen molar-refractivity contribution < 1.29 is 28.8 Å². The maximum atomic E-state index is 12.0. The highest BCUT2D eigenvalue weighted by molar-refractivity contribution is 5.90. The van der Waals surface area contributed by atoms with Gasteiger partial charge in [-0.3, -0.25) is 0 Å². The third kappa shape index (κ3) is 22.7. The molecular formula is C40H66O6. The molecule has 0 fully saturated rings. The monoisotopic (exact) mass is 642 g/mol. The Balaban J connectivity index is 0.000000465. The number of carbonyl (C=O) groups excluding carboxylic acids is 1. The van der Waals surface area contributed by atoms with Crippen LogP contribution in [-0.4, -0.2) is 37.7 Å². The van der Waals surface area contributed by atoms with E-state index in [0.717, 1.165) is 13.2 Å². The number of esters is 1. The van der Waals surface area contributed by atoms with Crippen molar-refractivity contribution in [2.45, 2.75) is 155 Å². The molecule has 0 amide bonds. The summed E-state index contributed by atoms with van der Waals surface area (Å²) < 4.78 is 21.4. The summed E-state index contributed by atoms with van der Waals surface area (Å²) in [5.74, 6) is 0.224. The minimum Gasteiger partial charge on any atom is -0.504 e. The van der Waals surface area contributed by atoms with Gasteiger partial charge in [-0.1, -0.05) is 148 Å². The molecule has 0 bridgehead atoms. The summed E-state index contributed by atoms with van der Waals surface area (Å²) in [4.78, 5) is 12.0. The highest BCUT2D eigenvalue weighted by Crippen LogP contribution is 2.27. The van der Waals surface area contributed by atoms with Crippen LogP contribution in [0.4, 0.5) is 0 Å². The number of carbonyl (C=O) groups is 1. The van der Waals surface area contributed by atoms with Gasteiger partial charge in [0.1, 0.15) is 5.75 Å². The van der Waals surface area contributed by atoms with E-state index in [1.54, 1.807) is 19.1 Å². The van der Waals surface area contributed by atoms with Crippen molar-refractivity contribution in [1.82, 2.24) is 0 Å². The molecular weight excluding hydrogens is 576 g/mol. The number of aromatic hydroxyl groups is 1. The average Bonchev–Trinajstić information content (AvgIpc) is 3.06. The Morgan fingerprint density at radius 3 is 1.57 bits per heavy atom. The zero-order valence-electron chi connectivity index (χ0n) is 29.7. The van der Waals surface area contributed by atoms with Gasteiger partial charge in [0, 0.05) is 20.1 Å². The van der Waals surface area contributed by atoms with Crippen LogP contribution >= 0.6 is 0 Å². The average molecular weight is 643 g/mol. The molecule has 0 aliphatic heterocycles. The highest BCUT2D eigenvalue weighted by atomic mass is 16.7. The molecule has 2 rings (SSSR count). The topological polar surface area (TPSA) is 74.2 Å². The van der Waals surface area contributed by atoms with Crippen molar-refractivity contribution in [3.63, 3.8) is 0 Å². The van der Waals surface area contributed by atoms with E-state index < -0.39 is 12.3 Å². The minimum absolute atomic E-state index is 0.0392. The first-order valence-electron chi connectivity index (χ1n) is 18.4. The van der Waals surface area contributed by atoms with Gasteiger partial charge in [0.25, 0.3) is 0 Å². The Morgan fingerprint density at radius 1 is 0.652 bits per heavy atom. The molecule has 0 aromatic heterocycles. The molecule has 0 spiro atoms.